The standard InChI is InChI=1S/C25H28N4O3S/c1-4-14-29-23(22-16-31-20-12-8-9-13-21(20)32-22)27-28-25(29)33-18(3)24(30)26-15-17(2)19-10-6-5-7-11-19/h4-13,17-18,22H,1,14-16H2,2-3H3,(H,26,30). The summed E-state index contributed by atoms with van der Waals surface area (Å²) >= 11 is 1.37. The fraction of sp³-hybridized carbons (Fsp3) is 0.320. The third kappa shape index (κ3) is 5.39. The number of hydrogen-bond donors (Lipinski definition) is 1. The molecular formula is C25H28N4O3S. The molecule has 172 valence electrons. The van der Waals surface area contributed by atoms with Crippen molar-refractivity contribution in [2.75, 3.05) is 13.2 Å². The van der Waals surface area contributed by atoms with E-state index in [9.17, 15) is 4.79 Å². The summed E-state index contributed by atoms with van der Waals surface area (Å²) < 4.78 is 13.9. The molecule has 0 spiro atoms. The molecule has 1 aromatic heterocycles. The van der Waals surface area contributed by atoms with E-state index in [1.165, 1.54) is 17.3 Å². The Hall–Kier alpha value is -3.26. The zero-order valence-electron chi connectivity index (χ0n) is 18.8. The molecule has 1 aliphatic rings. The highest BCUT2D eigenvalue weighted by Gasteiger charge is 2.29. The van der Waals surface area contributed by atoms with Gasteiger partial charge < -0.3 is 14.8 Å². The van der Waals surface area contributed by atoms with E-state index >= 15 is 0 Å². The van der Waals surface area contributed by atoms with Crippen molar-refractivity contribution in [2.24, 2.45) is 0 Å². The molecule has 1 amide bonds. The van der Waals surface area contributed by atoms with Gasteiger partial charge in [-0.15, -0.1) is 16.8 Å². The summed E-state index contributed by atoms with van der Waals surface area (Å²) in [5.74, 6) is 2.24. The third-order valence-electron chi connectivity index (χ3n) is 5.46. The molecule has 0 saturated carbocycles. The Balaban J connectivity index is 1.41. The summed E-state index contributed by atoms with van der Waals surface area (Å²) in [6.07, 6.45) is 1.39. The lowest BCUT2D eigenvalue weighted by molar-refractivity contribution is -0.120. The number of benzene rings is 2. The molecule has 0 aliphatic carbocycles. The molecule has 0 fully saturated rings. The molecule has 8 heteroatoms. The maximum Gasteiger partial charge on any atom is 0.233 e. The molecule has 3 atom stereocenters. The van der Waals surface area contributed by atoms with Crippen molar-refractivity contribution >= 4 is 17.7 Å². The summed E-state index contributed by atoms with van der Waals surface area (Å²) in [7, 11) is 0. The van der Waals surface area contributed by atoms with Crippen LogP contribution in [0, 0.1) is 0 Å². The van der Waals surface area contributed by atoms with Crippen LogP contribution in [0.1, 0.15) is 37.3 Å². The molecule has 1 N–H and O–H groups in total. The van der Waals surface area contributed by atoms with Crippen LogP contribution in [0.25, 0.3) is 0 Å². The number of para-hydroxylation sites is 2. The Morgan fingerprint density at radius 2 is 1.91 bits per heavy atom. The van der Waals surface area contributed by atoms with Crippen LogP contribution in [-0.4, -0.2) is 39.1 Å². The number of carbonyl (C=O) groups excluding carboxylic acids is 1. The van der Waals surface area contributed by atoms with E-state index in [-0.39, 0.29) is 17.1 Å². The molecular weight excluding hydrogens is 436 g/mol. The molecule has 2 aromatic carbocycles. The van der Waals surface area contributed by atoms with Gasteiger partial charge >= 0.3 is 0 Å². The van der Waals surface area contributed by atoms with Crippen molar-refractivity contribution in [3.63, 3.8) is 0 Å². The van der Waals surface area contributed by atoms with Gasteiger partial charge in [0, 0.05) is 13.1 Å². The number of rotatable bonds is 9. The number of carbonyl (C=O) groups is 1. The smallest absolute Gasteiger partial charge is 0.233 e. The molecule has 7 nitrogen and oxygen atoms in total. The first-order valence-corrected chi connectivity index (χ1v) is 11.9. The van der Waals surface area contributed by atoms with Crippen molar-refractivity contribution in [2.45, 2.75) is 42.8 Å². The Bertz CT molecular complexity index is 1100. The van der Waals surface area contributed by atoms with Crippen LogP contribution in [0.3, 0.4) is 0 Å². The number of amides is 1. The van der Waals surface area contributed by atoms with Gasteiger partial charge in [-0.3, -0.25) is 9.36 Å². The van der Waals surface area contributed by atoms with Crippen LogP contribution in [-0.2, 0) is 11.3 Å². The quantitative estimate of drug-likeness (QED) is 0.374. The molecule has 0 saturated heterocycles. The summed E-state index contributed by atoms with van der Waals surface area (Å²) in [5, 5.41) is 12.1. The van der Waals surface area contributed by atoms with Crippen LogP contribution in [0.2, 0.25) is 0 Å². The van der Waals surface area contributed by atoms with Crippen molar-refractivity contribution < 1.29 is 14.3 Å². The molecule has 0 radical (unpaired) electrons. The molecule has 1 aliphatic heterocycles. The van der Waals surface area contributed by atoms with E-state index in [2.05, 4.69) is 41.1 Å². The molecule has 2 heterocycles. The second-order valence-corrected chi connectivity index (χ2v) is 9.23. The molecule has 4 rings (SSSR count). The second-order valence-electron chi connectivity index (χ2n) is 7.92. The SMILES string of the molecule is C=CCn1c(SC(C)C(=O)NCC(C)c2ccccc2)nnc1C1COc2ccccc2O1. The number of nitrogens with one attached hydrogen (secondary N) is 1. The lowest BCUT2D eigenvalue weighted by Crippen LogP contribution is -2.33. The van der Waals surface area contributed by atoms with Gasteiger partial charge in [-0.25, -0.2) is 0 Å². The van der Waals surface area contributed by atoms with Crippen LogP contribution in [0.4, 0.5) is 0 Å². The average Bonchev–Trinajstić information content (AvgIpc) is 3.24. The minimum atomic E-state index is -0.391. The van der Waals surface area contributed by atoms with Gasteiger partial charge in [0.15, 0.2) is 28.6 Å². The Morgan fingerprint density at radius 3 is 2.67 bits per heavy atom. The Kier molecular flexibility index (Phi) is 7.34. The first-order chi connectivity index (χ1) is 16.1. The molecule has 3 unspecified atom stereocenters. The Labute approximate surface area is 198 Å². The van der Waals surface area contributed by atoms with Crippen LogP contribution >= 0.6 is 11.8 Å². The van der Waals surface area contributed by atoms with Crippen LogP contribution < -0.4 is 14.8 Å². The van der Waals surface area contributed by atoms with Crippen molar-refractivity contribution in [3.05, 3.63) is 78.6 Å². The summed E-state index contributed by atoms with van der Waals surface area (Å²) in [6.45, 7) is 9.24. The predicted molar refractivity (Wildman–Crippen MR) is 129 cm³/mol. The zero-order valence-corrected chi connectivity index (χ0v) is 19.6. The fourth-order valence-corrected chi connectivity index (χ4v) is 4.47. The van der Waals surface area contributed by atoms with Crippen LogP contribution in [0.5, 0.6) is 11.5 Å². The number of ether oxygens (including phenoxy) is 2. The summed E-state index contributed by atoms with van der Waals surface area (Å²) in [5.41, 5.74) is 1.20. The van der Waals surface area contributed by atoms with Crippen molar-refractivity contribution in [1.82, 2.24) is 20.1 Å². The summed E-state index contributed by atoms with van der Waals surface area (Å²) in [4.78, 5) is 12.7. The van der Waals surface area contributed by atoms with Gasteiger partial charge in [0.25, 0.3) is 0 Å². The number of aromatic nitrogens is 3. The maximum atomic E-state index is 12.7. The van der Waals surface area contributed by atoms with Gasteiger partial charge in [0.05, 0.1) is 5.25 Å². The highest BCUT2D eigenvalue weighted by Crippen LogP contribution is 2.36. The molecule has 0 bridgehead atoms. The summed E-state index contributed by atoms with van der Waals surface area (Å²) in [6, 6.07) is 17.7. The van der Waals surface area contributed by atoms with E-state index in [0.29, 0.717) is 42.2 Å². The van der Waals surface area contributed by atoms with Crippen molar-refractivity contribution in [3.8, 4) is 11.5 Å². The van der Waals surface area contributed by atoms with Crippen LogP contribution in [0.15, 0.2) is 72.4 Å². The largest absolute Gasteiger partial charge is 0.485 e. The van der Waals surface area contributed by atoms with Crippen molar-refractivity contribution in [1.29, 1.82) is 0 Å². The monoisotopic (exact) mass is 464 g/mol. The third-order valence-corrected chi connectivity index (χ3v) is 6.54. The number of fused-ring (bicyclic) bond motifs is 1. The number of nitrogens with zero attached hydrogens (tertiary/aromatic N) is 3. The average molecular weight is 465 g/mol. The maximum absolute atomic E-state index is 12.7. The fourth-order valence-electron chi connectivity index (χ4n) is 3.58. The van der Waals surface area contributed by atoms with Gasteiger partial charge in [-0.05, 0) is 30.5 Å². The highest BCUT2D eigenvalue weighted by atomic mass is 32.2. The first-order valence-electron chi connectivity index (χ1n) is 11.0. The zero-order chi connectivity index (χ0) is 23.2. The second kappa shape index (κ2) is 10.6. The highest BCUT2D eigenvalue weighted by molar-refractivity contribution is 8.00. The minimum absolute atomic E-state index is 0.0383. The van der Waals surface area contributed by atoms with E-state index in [0.717, 1.165) is 0 Å². The van der Waals surface area contributed by atoms with E-state index in [4.69, 9.17) is 9.47 Å². The molecule has 33 heavy (non-hydrogen) atoms. The topological polar surface area (TPSA) is 78.3 Å². The van der Waals surface area contributed by atoms with Gasteiger partial charge in [-0.2, -0.15) is 0 Å². The normalized spacial score (nSPS) is 16.6. The van der Waals surface area contributed by atoms with Gasteiger partial charge in [-0.1, -0.05) is 67.2 Å². The van der Waals surface area contributed by atoms with Gasteiger partial charge in [0.2, 0.25) is 5.91 Å². The molecule has 3 aromatic rings. The van der Waals surface area contributed by atoms with Gasteiger partial charge in [0.1, 0.15) is 6.61 Å². The van der Waals surface area contributed by atoms with E-state index in [1.807, 2.05) is 54.0 Å². The minimum Gasteiger partial charge on any atom is -0.485 e. The van der Waals surface area contributed by atoms with E-state index < -0.39 is 6.10 Å². The number of thioether (sulfide) groups is 1. The Morgan fingerprint density at radius 1 is 1.18 bits per heavy atom. The lowest BCUT2D eigenvalue weighted by Gasteiger charge is -2.26. The number of hydrogen-bond acceptors (Lipinski definition) is 6. The lowest BCUT2D eigenvalue weighted by atomic mass is 10.0. The predicted octanol–water partition coefficient (Wildman–Crippen LogP) is 4.38. The van der Waals surface area contributed by atoms with E-state index in [1.54, 1.807) is 6.08 Å². The number of allylic oxidation sites excluding steroid dienone is 1. The first kappa shape index (κ1) is 22.9.